The van der Waals surface area contributed by atoms with Crippen molar-refractivity contribution in [1.29, 1.82) is 5.26 Å². The third-order valence-corrected chi connectivity index (χ3v) is 5.02. The fraction of sp³-hybridized carbons (Fsp3) is 0.333. The molecule has 1 aliphatic rings. The second-order valence-electron chi connectivity index (χ2n) is 7.02. The topological polar surface area (TPSA) is 148 Å². The first-order valence-electron chi connectivity index (χ1n) is 9.51. The van der Waals surface area contributed by atoms with Crippen LogP contribution in [0, 0.1) is 21.6 Å². The number of amidine groups is 1. The number of aliphatic hydroxyl groups is 1. The van der Waals surface area contributed by atoms with E-state index < -0.39 is 29.0 Å². The highest BCUT2D eigenvalue weighted by Crippen LogP contribution is 2.48. The van der Waals surface area contributed by atoms with Crippen molar-refractivity contribution in [3.8, 4) is 17.7 Å². The Balaban J connectivity index is 2.16. The molecule has 0 amide bonds. The van der Waals surface area contributed by atoms with Crippen molar-refractivity contribution in [2.24, 2.45) is 4.99 Å². The summed E-state index contributed by atoms with van der Waals surface area (Å²) in [5.74, 6) is 0.304. The maximum Gasteiger partial charge on any atom is 0.311 e. The number of hydrogen-bond donors (Lipinski definition) is 2. The summed E-state index contributed by atoms with van der Waals surface area (Å²) in [6, 6.07) is 11.5. The van der Waals surface area contributed by atoms with Crippen LogP contribution in [0.2, 0.25) is 0 Å². The molecule has 0 saturated carbocycles. The van der Waals surface area contributed by atoms with Gasteiger partial charge in [0.1, 0.15) is 17.9 Å². The number of benzene rings is 2. The van der Waals surface area contributed by atoms with Gasteiger partial charge < -0.3 is 24.1 Å². The summed E-state index contributed by atoms with van der Waals surface area (Å²) in [7, 11) is 2.70. The number of nitro groups is 1. The number of nitro benzene ring substituents is 1. The number of fused-ring (bicyclic) bond motifs is 1. The molecule has 3 atom stereocenters. The summed E-state index contributed by atoms with van der Waals surface area (Å²) < 4.78 is 22.2. The van der Waals surface area contributed by atoms with Crippen LogP contribution in [0.1, 0.15) is 18.5 Å². The average Bonchev–Trinajstić information content (AvgIpc) is 2.78. The van der Waals surface area contributed by atoms with Gasteiger partial charge in [-0.1, -0.05) is 30.3 Å². The summed E-state index contributed by atoms with van der Waals surface area (Å²) in [4.78, 5) is 15.4. The third-order valence-electron chi connectivity index (χ3n) is 5.02. The van der Waals surface area contributed by atoms with Crippen LogP contribution in [-0.4, -0.2) is 48.3 Å². The fourth-order valence-electron chi connectivity index (χ4n) is 3.54. The van der Waals surface area contributed by atoms with Crippen molar-refractivity contribution in [1.82, 2.24) is 5.32 Å². The molecular formula is C21H22N4O7. The highest BCUT2D eigenvalue weighted by atomic mass is 16.7. The van der Waals surface area contributed by atoms with E-state index in [-0.39, 0.29) is 23.0 Å². The Bertz CT molecular complexity index is 1040. The van der Waals surface area contributed by atoms with Crippen LogP contribution in [0.15, 0.2) is 53.5 Å². The maximum atomic E-state index is 11.6. The van der Waals surface area contributed by atoms with Gasteiger partial charge in [0, 0.05) is 25.8 Å². The first kappa shape index (κ1) is 23.0. The second kappa shape index (κ2) is 9.61. The molecule has 1 aliphatic heterocycles. The monoisotopic (exact) mass is 442 g/mol. The van der Waals surface area contributed by atoms with Gasteiger partial charge in [-0.15, -0.1) is 0 Å². The zero-order chi connectivity index (χ0) is 23.3. The number of ether oxygens (including phenoxy) is 4. The van der Waals surface area contributed by atoms with Gasteiger partial charge in [-0.3, -0.25) is 10.1 Å². The van der Waals surface area contributed by atoms with Crippen LogP contribution in [0.3, 0.4) is 0 Å². The summed E-state index contributed by atoms with van der Waals surface area (Å²) >= 11 is 0. The molecule has 0 saturated heterocycles. The van der Waals surface area contributed by atoms with Gasteiger partial charge in [0.2, 0.25) is 5.75 Å². The van der Waals surface area contributed by atoms with Crippen molar-refractivity contribution in [2.45, 2.75) is 31.0 Å². The lowest BCUT2D eigenvalue weighted by molar-refractivity contribution is -0.387. The van der Waals surface area contributed by atoms with E-state index in [0.717, 1.165) is 0 Å². The predicted octanol–water partition coefficient (Wildman–Crippen LogP) is 2.27. The summed E-state index contributed by atoms with van der Waals surface area (Å²) in [5.41, 5.74) is -1.66. The molecule has 2 N–H and O–H groups in total. The molecule has 0 aliphatic carbocycles. The zero-order valence-corrected chi connectivity index (χ0v) is 17.6. The number of nitriles is 1. The lowest BCUT2D eigenvalue weighted by Crippen LogP contribution is -2.59. The number of para-hydroxylation sites is 2. The van der Waals surface area contributed by atoms with Crippen LogP contribution < -0.4 is 14.8 Å². The molecule has 0 aromatic heterocycles. The normalized spacial score (nSPS) is 22.4. The first-order valence-corrected chi connectivity index (χ1v) is 9.51. The Hall–Kier alpha value is -3.72. The minimum Gasteiger partial charge on any atom is -0.472 e. The molecule has 3 unspecified atom stereocenters. The minimum atomic E-state index is -1.58. The molecule has 2 aromatic rings. The van der Waals surface area contributed by atoms with E-state index in [2.05, 4.69) is 10.3 Å². The third kappa shape index (κ3) is 4.33. The van der Waals surface area contributed by atoms with Crippen molar-refractivity contribution in [3.63, 3.8) is 0 Å². The van der Waals surface area contributed by atoms with Gasteiger partial charge >= 0.3 is 11.7 Å². The molecule has 1 heterocycles. The Morgan fingerprint density at radius 3 is 2.56 bits per heavy atom. The summed E-state index contributed by atoms with van der Waals surface area (Å²) in [5, 5.41) is 34.4. The van der Waals surface area contributed by atoms with E-state index in [9.17, 15) is 15.2 Å². The Labute approximate surface area is 184 Å². The van der Waals surface area contributed by atoms with E-state index in [1.165, 1.54) is 33.3 Å². The molecule has 0 bridgehead atoms. The predicted molar refractivity (Wildman–Crippen MR) is 112 cm³/mol. The molecule has 2 aromatic carbocycles. The number of aliphatic hydroxyl groups excluding tert-OH is 1. The molecule has 168 valence electrons. The largest absolute Gasteiger partial charge is 0.472 e. The molecule has 11 heteroatoms. The molecule has 3 rings (SSSR count). The van der Waals surface area contributed by atoms with Gasteiger partial charge in [-0.25, -0.2) is 10.3 Å². The van der Waals surface area contributed by atoms with Crippen molar-refractivity contribution >= 4 is 11.7 Å². The number of methoxy groups -OCH3 is 2. The Morgan fingerprint density at radius 1 is 1.28 bits per heavy atom. The lowest BCUT2D eigenvalue weighted by atomic mass is 9.84. The van der Waals surface area contributed by atoms with E-state index in [4.69, 9.17) is 24.2 Å². The van der Waals surface area contributed by atoms with Crippen molar-refractivity contribution in [3.05, 3.63) is 64.2 Å². The molecular weight excluding hydrogens is 420 g/mol. The standard InChI is InChI=1S/C21H22N4O7/c1-21(19(29-2)30-3)18(26)16(14-10-7-11-15(25(27)28)17(14)32-21)24-20(23-12-22)31-13-8-5-4-6-9-13/h4-11,16,18-19,26H,1-3H3,(H,23,24). The van der Waals surface area contributed by atoms with Gasteiger partial charge in [0.05, 0.1) is 4.92 Å². The SMILES string of the molecule is COC(OC)C1(C)Oc2c(cccc2[N+](=O)[O-])C(N=C(NC#N)Oc2ccccc2)C1O. The van der Waals surface area contributed by atoms with Crippen LogP contribution in [-0.2, 0) is 9.47 Å². The summed E-state index contributed by atoms with van der Waals surface area (Å²) in [6.07, 6.45) is -0.748. The van der Waals surface area contributed by atoms with Crippen LogP contribution >= 0.6 is 0 Å². The highest BCUT2D eigenvalue weighted by molar-refractivity contribution is 5.78. The van der Waals surface area contributed by atoms with Crippen LogP contribution in [0.25, 0.3) is 0 Å². The van der Waals surface area contributed by atoms with E-state index in [1.807, 2.05) is 0 Å². The van der Waals surface area contributed by atoms with E-state index >= 15 is 0 Å². The number of aliphatic imine (C=N–C) groups is 1. The maximum absolute atomic E-state index is 11.6. The average molecular weight is 442 g/mol. The fourth-order valence-corrected chi connectivity index (χ4v) is 3.54. The molecule has 0 fully saturated rings. The zero-order valence-electron chi connectivity index (χ0n) is 17.6. The van der Waals surface area contributed by atoms with E-state index in [0.29, 0.717) is 5.75 Å². The lowest BCUT2D eigenvalue weighted by Gasteiger charge is -2.45. The molecule has 11 nitrogen and oxygen atoms in total. The van der Waals surface area contributed by atoms with Crippen molar-refractivity contribution < 1.29 is 29.0 Å². The van der Waals surface area contributed by atoms with Gasteiger partial charge in [0.25, 0.3) is 0 Å². The summed E-state index contributed by atoms with van der Waals surface area (Å²) in [6.45, 7) is 1.49. The van der Waals surface area contributed by atoms with Crippen LogP contribution in [0.5, 0.6) is 11.5 Å². The quantitative estimate of drug-likeness (QED) is 0.131. The smallest absolute Gasteiger partial charge is 0.311 e. The molecule has 32 heavy (non-hydrogen) atoms. The number of nitrogens with one attached hydrogen (secondary N) is 1. The highest BCUT2D eigenvalue weighted by Gasteiger charge is 2.54. The minimum absolute atomic E-state index is 0.0887. The van der Waals surface area contributed by atoms with Gasteiger partial charge in [0.15, 0.2) is 18.1 Å². The van der Waals surface area contributed by atoms with Crippen LogP contribution in [0.4, 0.5) is 5.69 Å². The Morgan fingerprint density at radius 2 is 1.97 bits per heavy atom. The van der Waals surface area contributed by atoms with Crippen molar-refractivity contribution in [2.75, 3.05) is 14.2 Å². The number of nitrogens with zero attached hydrogens (tertiary/aromatic N) is 3. The Kier molecular flexibility index (Phi) is 6.89. The first-order chi connectivity index (χ1) is 15.3. The van der Waals surface area contributed by atoms with Gasteiger partial charge in [-0.05, 0) is 19.1 Å². The second-order valence-corrected chi connectivity index (χ2v) is 7.02. The number of rotatable bonds is 6. The molecule has 0 radical (unpaired) electrons. The van der Waals surface area contributed by atoms with Gasteiger partial charge in [-0.2, -0.15) is 5.26 Å². The number of hydrogen-bond acceptors (Lipinski definition) is 9. The van der Waals surface area contributed by atoms with E-state index in [1.54, 1.807) is 42.6 Å². The molecule has 0 spiro atoms.